The molecule has 0 fully saturated rings. The van der Waals surface area contributed by atoms with Gasteiger partial charge in [0.05, 0.1) is 12.7 Å². The molecule has 1 unspecified atom stereocenters. The topological polar surface area (TPSA) is 97.1 Å². The molecule has 2 N–H and O–H groups in total. The average Bonchev–Trinajstić information content (AvgIpc) is 3.00. The summed E-state index contributed by atoms with van der Waals surface area (Å²) in [6.45, 7) is 1.92. The fourth-order valence-electron chi connectivity index (χ4n) is 2.38. The van der Waals surface area contributed by atoms with Gasteiger partial charge in [-0.2, -0.15) is 0 Å². The summed E-state index contributed by atoms with van der Waals surface area (Å²) in [7, 11) is 0. The molecule has 1 atom stereocenters. The molecule has 0 radical (unpaired) electrons. The van der Waals surface area contributed by atoms with E-state index >= 15 is 0 Å². The minimum atomic E-state index is -0.984. The van der Waals surface area contributed by atoms with Gasteiger partial charge in [-0.3, -0.25) is 9.59 Å². The van der Waals surface area contributed by atoms with Gasteiger partial charge in [0.2, 0.25) is 5.91 Å². The highest BCUT2D eigenvalue weighted by Gasteiger charge is 2.13. The maximum absolute atomic E-state index is 12.1. The number of aryl methyl sites for hydroxylation is 1. The van der Waals surface area contributed by atoms with E-state index in [1.165, 1.54) is 16.4 Å². The lowest BCUT2D eigenvalue weighted by atomic mass is 10.0. The van der Waals surface area contributed by atoms with E-state index in [9.17, 15) is 9.59 Å². The van der Waals surface area contributed by atoms with Crippen LogP contribution in [0.5, 0.6) is 0 Å². The monoisotopic (exact) mass is 330 g/mol. The maximum Gasteiger partial charge on any atom is 0.325 e. The number of carbonyl (C=O) groups excluding carboxylic acids is 1. The van der Waals surface area contributed by atoms with Crippen molar-refractivity contribution in [1.82, 2.24) is 20.3 Å². The zero-order valence-corrected chi connectivity index (χ0v) is 13.7. The molecule has 0 saturated heterocycles. The summed E-state index contributed by atoms with van der Waals surface area (Å²) in [6, 6.07) is 10.2. The second-order valence-corrected chi connectivity index (χ2v) is 5.80. The number of hydrogen-bond donors (Lipinski definition) is 2. The Labute approximate surface area is 140 Å². The maximum atomic E-state index is 12.1. The summed E-state index contributed by atoms with van der Waals surface area (Å²) < 4.78 is 1.23. The smallest absolute Gasteiger partial charge is 0.325 e. The number of amides is 1. The van der Waals surface area contributed by atoms with Gasteiger partial charge in [-0.1, -0.05) is 42.5 Å². The SMILES string of the molecule is CC(CCCc1ccccc1)C(=O)NCc1cn(CC(=O)O)nn1. The first-order valence-corrected chi connectivity index (χ1v) is 7.97. The normalized spacial score (nSPS) is 11.9. The lowest BCUT2D eigenvalue weighted by Crippen LogP contribution is -2.28. The minimum absolute atomic E-state index is 0.0316. The van der Waals surface area contributed by atoms with Gasteiger partial charge in [0, 0.05) is 5.92 Å². The van der Waals surface area contributed by atoms with Gasteiger partial charge >= 0.3 is 5.97 Å². The third-order valence-electron chi connectivity index (χ3n) is 3.72. The average molecular weight is 330 g/mol. The van der Waals surface area contributed by atoms with Gasteiger partial charge in [-0.05, 0) is 24.8 Å². The Balaban J connectivity index is 1.69. The van der Waals surface area contributed by atoms with Crippen LogP contribution >= 0.6 is 0 Å². The second-order valence-electron chi connectivity index (χ2n) is 5.80. The number of carboxylic acid groups (broad SMARTS) is 1. The lowest BCUT2D eigenvalue weighted by Gasteiger charge is -2.11. The Bertz CT molecular complexity index is 669. The summed E-state index contributed by atoms with van der Waals surface area (Å²) in [4.78, 5) is 22.7. The zero-order chi connectivity index (χ0) is 17.4. The molecule has 0 spiro atoms. The molecule has 0 aliphatic heterocycles. The van der Waals surface area contributed by atoms with E-state index in [2.05, 4.69) is 27.8 Å². The molecule has 24 heavy (non-hydrogen) atoms. The Kier molecular flexibility index (Phi) is 6.48. The largest absolute Gasteiger partial charge is 0.480 e. The summed E-state index contributed by atoms with van der Waals surface area (Å²) in [5.41, 5.74) is 1.82. The highest BCUT2D eigenvalue weighted by atomic mass is 16.4. The van der Waals surface area contributed by atoms with Gasteiger partial charge in [-0.25, -0.2) is 4.68 Å². The number of nitrogens with one attached hydrogen (secondary N) is 1. The van der Waals surface area contributed by atoms with Gasteiger partial charge in [0.25, 0.3) is 0 Å². The van der Waals surface area contributed by atoms with Crippen molar-refractivity contribution in [1.29, 1.82) is 0 Å². The van der Waals surface area contributed by atoms with Crippen LogP contribution in [0.15, 0.2) is 36.5 Å². The number of benzene rings is 1. The zero-order valence-electron chi connectivity index (χ0n) is 13.7. The number of nitrogens with zero attached hydrogens (tertiary/aromatic N) is 3. The van der Waals surface area contributed by atoms with Crippen LogP contribution in [0.4, 0.5) is 0 Å². The molecule has 0 aliphatic rings. The predicted molar refractivity (Wildman–Crippen MR) is 88.0 cm³/mol. The predicted octanol–water partition coefficient (Wildman–Crippen LogP) is 1.64. The standard InChI is InChI=1S/C17H22N4O3/c1-13(6-5-9-14-7-3-2-4-8-14)17(24)18-10-15-11-21(20-19-15)12-16(22)23/h2-4,7-8,11,13H,5-6,9-10,12H2,1H3,(H,18,24)(H,22,23). The van der Waals surface area contributed by atoms with Gasteiger partial charge < -0.3 is 10.4 Å². The molecule has 7 heteroatoms. The molecule has 0 aliphatic carbocycles. The van der Waals surface area contributed by atoms with Crippen molar-refractivity contribution >= 4 is 11.9 Å². The summed E-state index contributed by atoms with van der Waals surface area (Å²) in [5, 5.41) is 19.0. The number of rotatable bonds is 9. The molecule has 7 nitrogen and oxygen atoms in total. The molecular formula is C17H22N4O3. The number of carbonyl (C=O) groups is 2. The summed E-state index contributed by atoms with van der Waals surface area (Å²) >= 11 is 0. The van der Waals surface area contributed by atoms with Crippen molar-refractivity contribution < 1.29 is 14.7 Å². The Morgan fingerprint density at radius 3 is 2.75 bits per heavy atom. The van der Waals surface area contributed by atoms with E-state index in [-0.39, 0.29) is 24.9 Å². The Morgan fingerprint density at radius 1 is 1.29 bits per heavy atom. The van der Waals surface area contributed by atoms with Crippen molar-refractivity contribution in [2.45, 2.75) is 39.3 Å². The van der Waals surface area contributed by atoms with Gasteiger partial charge in [0.15, 0.2) is 0 Å². The van der Waals surface area contributed by atoms with Gasteiger partial charge in [0.1, 0.15) is 12.2 Å². The van der Waals surface area contributed by atoms with Crippen LogP contribution in [0.1, 0.15) is 31.0 Å². The molecule has 1 aromatic heterocycles. The van der Waals surface area contributed by atoms with Crippen molar-refractivity contribution in [3.8, 4) is 0 Å². The number of carboxylic acids is 1. The van der Waals surface area contributed by atoms with Crippen LogP contribution in [-0.4, -0.2) is 32.0 Å². The molecule has 1 aromatic carbocycles. The molecule has 2 rings (SSSR count). The van der Waals surface area contributed by atoms with Crippen LogP contribution in [0.3, 0.4) is 0 Å². The first kappa shape index (κ1) is 17.7. The second kappa shape index (κ2) is 8.81. The van der Waals surface area contributed by atoms with E-state index in [1.807, 2.05) is 25.1 Å². The first-order valence-electron chi connectivity index (χ1n) is 7.97. The molecular weight excluding hydrogens is 308 g/mol. The van der Waals surface area contributed by atoms with Gasteiger partial charge in [-0.15, -0.1) is 5.10 Å². The fourth-order valence-corrected chi connectivity index (χ4v) is 2.38. The first-order chi connectivity index (χ1) is 11.5. The highest BCUT2D eigenvalue weighted by Crippen LogP contribution is 2.10. The van der Waals surface area contributed by atoms with E-state index in [0.29, 0.717) is 5.69 Å². The Morgan fingerprint density at radius 2 is 2.04 bits per heavy atom. The van der Waals surface area contributed by atoms with Crippen LogP contribution in [0.2, 0.25) is 0 Å². The Hall–Kier alpha value is -2.70. The van der Waals surface area contributed by atoms with E-state index < -0.39 is 5.97 Å². The van der Waals surface area contributed by atoms with Crippen molar-refractivity contribution in [3.63, 3.8) is 0 Å². The lowest BCUT2D eigenvalue weighted by molar-refractivity contribution is -0.138. The third kappa shape index (κ3) is 5.83. The summed E-state index contributed by atoms with van der Waals surface area (Å²) in [5.74, 6) is -1.10. The number of aromatic nitrogens is 3. The van der Waals surface area contributed by atoms with Crippen molar-refractivity contribution in [3.05, 3.63) is 47.8 Å². The van der Waals surface area contributed by atoms with E-state index in [0.717, 1.165) is 19.3 Å². The summed E-state index contributed by atoms with van der Waals surface area (Å²) in [6.07, 6.45) is 4.25. The van der Waals surface area contributed by atoms with Crippen molar-refractivity contribution in [2.24, 2.45) is 5.92 Å². The third-order valence-corrected chi connectivity index (χ3v) is 3.72. The number of hydrogen-bond acceptors (Lipinski definition) is 4. The molecule has 2 aromatic rings. The van der Waals surface area contributed by atoms with Crippen LogP contribution < -0.4 is 5.32 Å². The van der Waals surface area contributed by atoms with E-state index in [4.69, 9.17) is 5.11 Å². The molecule has 1 amide bonds. The molecule has 128 valence electrons. The highest BCUT2D eigenvalue weighted by molar-refractivity contribution is 5.78. The number of aliphatic carboxylic acids is 1. The fraction of sp³-hybridized carbons (Fsp3) is 0.412. The minimum Gasteiger partial charge on any atom is -0.480 e. The van der Waals surface area contributed by atoms with Crippen LogP contribution in [0.25, 0.3) is 0 Å². The van der Waals surface area contributed by atoms with Crippen molar-refractivity contribution in [2.75, 3.05) is 0 Å². The quantitative estimate of drug-likeness (QED) is 0.728. The van der Waals surface area contributed by atoms with E-state index in [1.54, 1.807) is 0 Å². The molecule has 0 saturated carbocycles. The molecule has 0 bridgehead atoms. The van der Waals surface area contributed by atoms with Crippen LogP contribution in [0, 0.1) is 5.92 Å². The van der Waals surface area contributed by atoms with Crippen LogP contribution in [-0.2, 0) is 29.1 Å². The molecule has 1 heterocycles.